The molecule has 1 aromatic heterocycles. The van der Waals surface area contributed by atoms with Gasteiger partial charge in [-0.1, -0.05) is 0 Å². The summed E-state index contributed by atoms with van der Waals surface area (Å²) in [6.07, 6.45) is 3.29. The standard InChI is InChI=1S/C8H13N3O2S/c9-1-2-14-7(3-8(12)13)6-4-10-5-11-6/h4-5,7H,1-3,9H2,(H,10,11)(H,12,13). The molecule has 0 saturated heterocycles. The van der Waals surface area contributed by atoms with E-state index in [1.54, 1.807) is 12.5 Å². The fourth-order valence-electron chi connectivity index (χ4n) is 1.07. The van der Waals surface area contributed by atoms with Crippen molar-refractivity contribution < 1.29 is 9.90 Å². The molecule has 4 N–H and O–H groups in total. The summed E-state index contributed by atoms with van der Waals surface area (Å²) in [6.45, 7) is 0.551. The third kappa shape index (κ3) is 3.39. The minimum Gasteiger partial charge on any atom is -0.481 e. The average molecular weight is 215 g/mol. The van der Waals surface area contributed by atoms with Crippen LogP contribution in [0.25, 0.3) is 0 Å². The molecule has 0 aliphatic carbocycles. The van der Waals surface area contributed by atoms with Crippen LogP contribution in [-0.4, -0.2) is 33.3 Å². The lowest BCUT2D eigenvalue weighted by molar-refractivity contribution is -0.137. The van der Waals surface area contributed by atoms with Crippen LogP contribution >= 0.6 is 11.8 Å². The van der Waals surface area contributed by atoms with E-state index in [1.165, 1.54) is 11.8 Å². The predicted octanol–water partition coefficient (Wildman–Crippen LogP) is 0.617. The number of nitrogens with two attached hydrogens (primary N) is 1. The van der Waals surface area contributed by atoms with Gasteiger partial charge in [-0.2, -0.15) is 11.8 Å². The Morgan fingerprint density at radius 1 is 1.79 bits per heavy atom. The summed E-state index contributed by atoms with van der Waals surface area (Å²) in [5.41, 5.74) is 6.21. The van der Waals surface area contributed by atoms with Crippen molar-refractivity contribution in [1.82, 2.24) is 9.97 Å². The summed E-state index contributed by atoms with van der Waals surface area (Å²) in [5, 5.41) is 8.62. The SMILES string of the molecule is NCCSC(CC(=O)O)c1cnc[nH]1. The molecule has 0 radical (unpaired) electrons. The number of imidazole rings is 1. The maximum absolute atomic E-state index is 10.6. The number of nitrogens with zero attached hydrogens (tertiary/aromatic N) is 1. The molecule has 5 nitrogen and oxygen atoms in total. The van der Waals surface area contributed by atoms with E-state index < -0.39 is 5.97 Å². The van der Waals surface area contributed by atoms with Crippen molar-refractivity contribution in [3.63, 3.8) is 0 Å². The van der Waals surface area contributed by atoms with Crippen molar-refractivity contribution in [2.75, 3.05) is 12.3 Å². The van der Waals surface area contributed by atoms with E-state index >= 15 is 0 Å². The Bertz CT molecular complexity index is 276. The molecular formula is C8H13N3O2S. The molecular weight excluding hydrogens is 202 g/mol. The molecule has 0 saturated carbocycles. The number of aliphatic carboxylic acids is 1. The number of carbonyl (C=O) groups is 1. The number of carboxylic acid groups (broad SMARTS) is 1. The number of carboxylic acids is 1. The smallest absolute Gasteiger partial charge is 0.304 e. The zero-order chi connectivity index (χ0) is 10.4. The summed E-state index contributed by atoms with van der Waals surface area (Å²) >= 11 is 1.53. The summed E-state index contributed by atoms with van der Waals surface area (Å²) in [4.78, 5) is 17.4. The van der Waals surface area contributed by atoms with Crippen molar-refractivity contribution in [3.8, 4) is 0 Å². The minimum absolute atomic E-state index is 0.0847. The van der Waals surface area contributed by atoms with E-state index in [-0.39, 0.29) is 11.7 Å². The lowest BCUT2D eigenvalue weighted by Gasteiger charge is -2.11. The number of H-pyrrole nitrogens is 1. The quantitative estimate of drug-likeness (QED) is 0.647. The van der Waals surface area contributed by atoms with Crippen LogP contribution in [0.3, 0.4) is 0 Å². The van der Waals surface area contributed by atoms with E-state index in [1.807, 2.05) is 0 Å². The molecule has 0 bridgehead atoms. The summed E-state index contributed by atoms with van der Waals surface area (Å²) in [5.74, 6) is -0.0640. The van der Waals surface area contributed by atoms with Crippen LogP contribution in [0.5, 0.6) is 0 Å². The Morgan fingerprint density at radius 2 is 2.57 bits per heavy atom. The van der Waals surface area contributed by atoms with Gasteiger partial charge in [0.05, 0.1) is 18.0 Å². The highest BCUT2D eigenvalue weighted by atomic mass is 32.2. The van der Waals surface area contributed by atoms with Gasteiger partial charge in [-0.05, 0) is 0 Å². The maximum atomic E-state index is 10.6. The number of aromatic amines is 1. The van der Waals surface area contributed by atoms with Gasteiger partial charge in [-0.25, -0.2) is 4.98 Å². The van der Waals surface area contributed by atoms with Crippen molar-refractivity contribution in [3.05, 3.63) is 18.2 Å². The maximum Gasteiger partial charge on any atom is 0.304 e. The second-order valence-corrected chi connectivity index (χ2v) is 4.06. The number of rotatable bonds is 6. The zero-order valence-electron chi connectivity index (χ0n) is 7.64. The molecule has 0 amide bonds. The molecule has 1 rings (SSSR count). The van der Waals surface area contributed by atoms with Crippen molar-refractivity contribution in [2.45, 2.75) is 11.7 Å². The number of hydrogen-bond acceptors (Lipinski definition) is 4. The molecule has 14 heavy (non-hydrogen) atoms. The second kappa shape index (κ2) is 5.66. The second-order valence-electron chi connectivity index (χ2n) is 2.75. The fourth-order valence-corrected chi connectivity index (χ4v) is 2.06. The highest BCUT2D eigenvalue weighted by Crippen LogP contribution is 2.29. The van der Waals surface area contributed by atoms with Crippen molar-refractivity contribution >= 4 is 17.7 Å². The molecule has 0 aliphatic rings. The molecule has 1 heterocycles. The zero-order valence-corrected chi connectivity index (χ0v) is 8.46. The molecule has 1 atom stereocenters. The Kier molecular flexibility index (Phi) is 4.48. The number of nitrogens with one attached hydrogen (secondary N) is 1. The highest BCUT2D eigenvalue weighted by Gasteiger charge is 2.16. The molecule has 78 valence electrons. The molecule has 0 aliphatic heterocycles. The van der Waals surface area contributed by atoms with E-state index in [4.69, 9.17) is 10.8 Å². The van der Waals surface area contributed by atoms with Gasteiger partial charge in [0.25, 0.3) is 0 Å². The molecule has 0 fully saturated rings. The van der Waals surface area contributed by atoms with Crippen LogP contribution in [-0.2, 0) is 4.79 Å². The van der Waals surface area contributed by atoms with E-state index in [0.29, 0.717) is 6.54 Å². The van der Waals surface area contributed by atoms with Gasteiger partial charge in [0.15, 0.2) is 0 Å². The van der Waals surface area contributed by atoms with Crippen LogP contribution in [0.2, 0.25) is 0 Å². The van der Waals surface area contributed by atoms with Crippen LogP contribution in [0.4, 0.5) is 0 Å². The summed E-state index contributed by atoms with van der Waals surface area (Å²) in [6, 6.07) is 0. The molecule has 0 spiro atoms. The first-order chi connectivity index (χ1) is 6.74. The minimum atomic E-state index is -0.811. The van der Waals surface area contributed by atoms with Gasteiger partial charge in [-0.3, -0.25) is 4.79 Å². The fraction of sp³-hybridized carbons (Fsp3) is 0.500. The first-order valence-corrected chi connectivity index (χ1v) is 5.30. The first kappa shape index (κ1) is 11.1. The van der Waals surface area contributed by atoms with Gasteiger partial charge in [-0.15, -0.1) is 0 Å². The van der Waals surface area contributed by atoms with Crippen molar-refractivity contribution in [2.24, 2.45) is 5.73 Å². The number of thioether (sulfide) groups is 1. The van der Waals surface area contributed by atoms with Gasteiger partial charge < -0.3 is 15.8 Å². The monoisotopic (exact) mass is 215 g/mol. The third-order valence-corrected chi connectivity index (χ3v) is 2.96. The summed E-state index contributed by atoms with van der Waals surface area (Å²) in [7, 11) is 0. The van der Waals surface area contributed by atoms with Gasteiger partial charge in [0.2, 0.25) is 0 Å². The molecule has 1 aromatic rings. The Hall–Kier alpha value is -1.01. The van der Waals surface area contributed by atoms with Gasteiger partial charge >= 0.3 is 5.97 Å². The molecule has 1 unspecified atom stereocenters. The van der Waals surface area contributed by atoms with Crippen LogP contribution in [0.1, 0.15) is 17.4 Å². The van der Waals surface area contributed by atoms with E-state index in [0.717, 1.165) is 11.4 Å². The van der Waals surface area contributed by atoms with Crippen LogP contribution in [0.15, 0.2) is 12.5 Å². The Morgan fingerprint density at radius 3 is 3.07 bits per heavy atom. The van der Waals surface area contributed by atoms with Crippen molar-refractivity contribution in [1.29, 1.82) is 0 Å². The first-order valence-electron chi connectivity index (χ1n) is 4.25. The van der Waals surface area contributed by atoms with E-state index in [9.17, 15) is 4.79 Å². The van der Waals surface area contributed by atoms with Gasteiger partial charge in [0.1, 0.15) is 0 Å². The normalized spacial score (nSPS) is 12.6. The van der Waals surface area contributed by atoms with Crippen LogP contribution in [0, 0.1) is 0 Å². The topological polar surface area (TPSA) is 92.0 Å². The highest BCUT2D eigenvalue weighted by molar-refractivity contribution is 7.99. The van der Waals surface area contributed by atoms with E-state index in [2.05, 4.69) is 9.97 Å². The number of aromatic nitrogens is 2. The largest absolute Gasteiger partial charge is 0.481 e. The Balaban J connectivity index is 2.57. The van der Waals surface area contributed by atoms with Gasteiger partial charge in [0, 0.05) is 24.2 Å². The summed E-state index contributed by atoms with van der Waals surface area (Å²) < 4.78 is 0. The van der Waals surface area contributed by atoms with Crippen LogP contribution < -0.4 is 5.73 Å². The Labute approximate surface area is 86.1 Å². The lowest BCUT2D eigenvalue weighted by atomic mass is 10.2. The molecule has 0 aromatic carbocycles. The predicted molar refractivity (Wildman–Crippen MR) is 55.1 cm³/mol. The number of hydrogen-bond donors (Lipinski definition) is 3. The average Bonchev–Trinajstić information content (AvgIpc) is 2.64. The third-order valence-electron chi connectivity index (χ3n) is 1.66. The molecule has 6 heteroatoms. The lowest BCUT2D eigenvalue weighted by Crippen LogP contribution is -2.08.